The summed E-state index contributed by atoms with van der Waals surface area (Å²) in [6.45, 7) is 6.65. The standard InChI is InChI=1S/C19H27N3O4S/c1-19(2,3)26-18(23)21-12-17-5-4-10-22(13-17)27(24,25)14-16-8-6-15(11-20)7-9-16/h6-9,17H,4-5,10,12-14H2,1-3H3,(H,21,23). The third kappa shape index (κ3) is 6.85. The van der Waals surface area contributed by atoms with Gasteiger partial charge in [-0.05, 0) is 57.2 Å². The van der Waals surface area contributed by atoms with Crippen molar-refractivity contribution in [1.82, 2.24) is 9.62 Å². The van der Waals surface area contributed by atoms with Crippen LogP contribution in [0.5, 0.6) is 0 Å². The highest BCUT2D eigenvalue weighted by Gasteiger charge is 2.29. The van der Waals surface area contributed by atoms with Gasteiger partial charge in [0.05, 0.1) is 17.4 Å². The second kappa shape index (κ2) is 8.72. The molecule has 0 radical (unpaired) electrons. The Morgan fingerprint density at radius 2 is 2.00 bits per heavy atom. The van der Waals surface area contributed by atoms with E-state index in [4.69, 9.17) is 10.00 Å². The van der Waals surface area contributed by atoms with Crippen LogP contribution < -0.4 is 5.32 Å². The normalized spacial score (nSPS) is 18.5. The van der Waals surface area contributed by atoms with Gasteiger partial charge >= 0.3 is 6.09 Å². The molecule has 2 rings (SSSR count). The van der Waals surface area contributed by atoms with E-state index in [-0.39, 0.29) is 11.7 Å². The van der Waals surface area contributed by atoms with Crippen LogP contribution in [0.1, 0.15) is 44.7 Å². The Morgan fingerprint density at radius 3 is 2.59 bits per heavy atom. The van der Waals surface area contributed by atoms with Crippen LogP contribution >= 0.6 is 0 Å². The summed E-state index contributed by atoms with van der Waals surface area (Å²) in [4.78, 5) is 11.8. The van der Waals surface area contributed by atoms with Crippen LogP contribution in [0.15, 0.2) is 24.3 Å². The lowest BCUT2D eigenvalue weighted by atomic mass is 10.00. The maximum atomic E-state index is 12.7. The fourth-order valence-electron chi connectivity index (χ4n) is 2.97. The predicted molar refractivity (Wildman–Crippen MR) is 102 cm³/mol. The monoisotopic (exact) mass is 393 g/mol. The average molecular weight is 394 g/mol. The fraction of sp³-hybridized carbons (Fsp3) is 0.579. The molecule has 1 aliphatic heterocycles. The fourth-order valence-corrected chi connectivity index (χ4v) is 4.61. The number of carbonyl (C=O) groups excluding carboxylic acids is 1. The minimum atomic E-state index is -3.45. The van der Waals surface area contributed by atoms with E-state index in [2.05, 4.69) is 5.32 Å². The smallest absolute Gasteiger partial charge is 0.407 e. The van der Waals surface area contributed by atoms with Crippen LogP contribution in [0, 0.1) is 17.2 Å². The van der Waals surface area contributed by atoms with Crippen molar-refractivity contribution in [3.8, 4) is 6.07 Å². The molecule has 1 aromatic rings. The molecule has 27 heavy (non-hydrogen) atoms. The molecule has 1 amide bonds. The molecular weight excluding hydrogens is 366 g/mol. The van der Waals surface area contributed by atoms with E-state index in [1.165, 1.54) is 4.31 Å². The summed E-state index contributed by atoms with van der Waals surface area (Å²) in [6.07, 6.45) is 1.13. The van der Waals surface area contributed by atoms with E-state index in [0.29, 0.717) is 30.8 Å². The molecule has 1 heterocycles. The largest absolute Gasteiger partial charge is 0.444 e. The van der Waals surface area contributed by atoms with Crippen LogP contribution in [0.3, 0.4) is 0 Å². The van der Waals surface area contributed by atoms with E-state index >= 15 is 0 Å². The molecule has 1 aliphatic rings. The van der Waals surface area contributed by atoms with Crippen molar-refractivity contribution < 1.29 is 17.9 Å². The van der Waals surface area contributed by atoms with Crippen LogP contribution in [0.25, 0.3) is 0 Å². The highest BCUT2D eigenvalue weighted by Crippen LogP contribution is 2.21. The Hall–Kier alpha value is -2.11. The van der Waals surface area contributed by atoms with E-state index in [1.807, 2.05) is 6.07 Å². The molecule has 1 atom stereocenters. The molecule has 1 fully saturated rings. The first kappa shape index (κ1) is 21.2. The summed E-state index contributed by atoms with van der Waals surface area (Å²) >= 11 is 0. The zero-order valence-corrected chi connectivity index (χ0v) is 16.9. The first-order valence-electron chi connectivity index (χ1n) is 9.03. The van der Waals surface area contributed by atoms with E-state index in [1.54, 1.807) is 45.0 Å². The summed E-state index contributed by atoms with van der Waals surface area (Å²) in [7, 11) is -3.45. The van der Waals surface area contributed by atoms with Gasteiger partial charge in [-0.3, -0.25) is 0 Å². The van der Waals surface area contributed by atoms with Crippen LogP contribution in [0.2, 0.25) is 0 Å². The van der Waals surface area contributed by atoms with Gasteiger partial charge in [0.15, 0.2) is 0 Å². The molecule has 1 aromatic carbocycles. The molecule has 7 nitrogen and oxygen atoms in total. The average Bonchev–Trinajstić information content (AvgIpc) is 2.59. The van der Waals surface area contributed by atoms with Gasteiger partial charge in [0.2, 0.25) is 10.0 Å². The van der Waals surface area contributed by atoms with Crippen LogP contribution in [-0.2, 0) is 20.5 Å². The molecule has 0 spiro atoms. The number of ether oxygens (including phenoxy) is 1. The number of nitrogens with one attached hydrogen (secondary N) is 1. The summed E-state index contributed by atoms with van der Waals surface area (Å²) in [5, 5.41) is 11.6. The lowest BCUT2D eigenvalue weighted by Crippen LogP contribution is -2.44. The van der Waals surface area contributed by atoms with Crippen molar-refractivity contribution in [2.75, 3.05) is 19.6 Å². The number of sulfonamides is 1. The number of nitrogens with zero attached hydrogens (tertiary/aromatic N) is 2. The second-order valence-corrected chi connectivity index (χ2v) is 9.78. The lowest BCUT2D eigenvalue weighted by Gasteiger charge is -2.32. The van der Waals surface area contributed by atoms with Gasteiger partial charge in [-0.25, -0.2) is 17.5 Å². The Bertz CT molecular complexity index is 792. The SMILES string of the molecule is CC(C)(C)OC(=O)NCC1CCCN(S(=O)(=O)Cc2ccc(C#N)cc2)C1. The van der Waals surface area contributed by atoms with Gasteiger partial charge in [0.1, 0.15) is 5.60 Å². The van der Waals surface area contributed by atoms with Crippen molar-refractivity contribution in [2.24, 2.45) is 5.92 Å². The number of hydrogen-bond donors (Lipinski definition) is 1. The van der Waals surface area contributed by atoms with Gasteiger partial charge in [-0.15, -0.1) is 0 Å². The topological polar surface area (TPSA) is 99.5 Å². The Labute approximate surface area is 161 Å². The molecule has 8 heteroatoms. The van der Waals surface area contributed by atoms with Gasteiger partial charge in [-0.2, -0.15) is 5.26 Å². The first-order valence-corrected chi connectivity index (χ1v) is 10.6. The summed E-state index contributed by atoms with van der Waals surface area (Å²) in [5.74, 6) is -0.0349. The van der Waals surface area contributed by atoms with Gasteiger partial charge in [-0.1, -0.05) is 12.1 Å². The molecule has 0 saturated carbocycles. The summed E-state index contributed by atoms with van der Waals surface area (Å²) < 4.78 is 32.2. The highest BCUT2D eigenvalue weighted by atomic mass is 32.2. The molecule has 0 aliphatic carbocycles. The van der Waals surface area contributed by atoms with E-state index in [0.717, 1.165) is 12.8 Å². The predicted octanol–water partition coefficient (Wildman–Crippen LogP) is 2.62. The minimum absolute atomic E-state index is 0.0574. The Kier molecular flexibility index (Phi) is 6.84. The Morgan fingerprint density at radius 1 is 1.33 bits per heavy atom. The third-order valence-electron chi connectivity index (χ3n) is 4.24. The van der Waals surface area contributed by atoms with Crippen molar-refractivity contribution in [1.29, 1.82) is 5.26 Å². The summed E-state index contributed by atoms with van der Waals surface area (Å²) in [6, 6.07) is 8.59. The van der Waals surface area contributed by atoms with E-state index in [9.17, 15) is 13.2 Å². The number of carbonyl (C=O) groups is 1. The van der Waals surface area contributed by atoms with Gasteiger partial charge in [0.25, 0.3) is 0 Å². The van der Waals surface area contributed by atoms with Crippen LogP contribution in [0.4, 0.5) is 4.79 Å². The maximum absolute atomic E-state index is 12.7. The second-order valence-electron chi connectivity index (χ2n) is 7.81. The lowest BCUT2D eigenvalue weighted by molar-refractivity contribution is 0.0513. The maximum Gasteiger partial charge on any atom is 0.407 e. The van der Waals surface area contributed by atoms with Crippen molar-refractivity contribution in [3.63, 3.8) is 0 Å². The number of hydrogen-bond acceptors (Lipinski definition) is 5. The summed E-state index contributed by atoms with van der Waals surface area (Å²) in [5.41, 5.74) is 0.595. The van der Waals surface area contributed by atoms with Crippen molar-refractivity contribution in [2.45, 2.75) is 45.0 Å². The van der Waals surface area contributed by atoms with Crippen LogP contribution in [-0.4, -0.2) is 44.1 Å². The Balaban J connectivity index is 1.91. The van der Waals surface area contributed by atoms with E-state index < -0.39 is 21.7 Å². The number of rotatable bonds is 5. The third-order valence-corrected chi connectivity index (χ3v) is 6.06. The number of alkyl carbamates (subject to hydrolysis) is 1. The molecular formula is C19H27N3O4S. The molecule has 1 N–H and O–H groups in total. The van der Waals surface area contributed by atoms with Crippen molar-refractivity contribution in [3.05, 3.63) is 35.4 Å². The minimum Gasteiger partial charge on any atom is -0.444 e. The molecule has 0 bridgehead atoms. The number of benzene rings is 1. The molecule has 1 saturated heterocycles. The number of amides is 1. The highest BCUT2D eigenvalue weighted by molar-refractivity contribution is 7.88. The molecule has 0 aromatic heterocycles. The quantitative estimate of drug-likeness (QED) is 0.829. The molecule has 148 valence electrons. The first-order chi connectivity index (χ1) is 12.6. The zero-order chi connectivity index (χ0) is 20.1. The van der Waals surface area contributed by atoms with Crippen molar-refractivity contribution >= 4 is 16.1 Å². The van der Waals surface area contributed by atoms with Gasteiger partial charge in [0, 0.05) is 19.6 Å². The van der Waals surface area contributed by atoms with Gasteiger partial charge < -0.3 is 10.1 Å². The molecule has 1 unspecified atom stereocenters. The number of nitriles is 1. The zero-order valence-electron chi connectivity index (χ0n) is 16.1. The number of piperidine rings is 1.